The van der Waals surface area contributed by atoms with Crippen LogP contribution in [0.25, 0.3) is 0 Å². The summed E-state index contributed by atoms with van der Waals surface area (Å²) in [6, 6.07) is 8.05. The Balaban J connectivity index is 1.75. The summed E-state index contributed by atoms with van der Waals surface area (Å²) < 4.78 is 5.35. The van der Waals surface area contributed by atoms with Gasteiger partial charge in [-0.1, -0.05) is 26.0 Å². The van der Waals surface area contributed by atoms with Gasteiger partial charge in [0.25, 0.3) is 0 Å². The average molecular weight is 307 g/mol. The second-order valence-corrected chi connectivity index (χ2v) is 7.02. The van der Waals surface area contributed by atoms with E-state index in [2.05, 4.69) is 30.9 Å². The van der Waals surface area contributed by atoms with Crippen LogP contribution in [0.1, 0.15) is 30.6 Å². The van der Waals surface area contributed by atoms with Gasteiger partial charge in [0.1, 0.15) is 0 Å². The van der Waals surface area contributed by atoms with Crippen molar-refractivity contribution in [2.24, 2.45) is 5.92 Å². The molecule has 3 nitrogen and oxygen atoms in total. The van der Waals surface area contributed by atoms with Gasteiger partial charge in [-0.05, 0) is 18.1 Å². The third kappa shape index (κ3) is 5.81. The molecule has 0 atom stereocenters. The van der Waals surface area contributed by atoms with E-state index in [-0.39, 0.29) is 5.78 Å². The van der Waals surface area contributed by atoms with E-state index in [0.717, 1.165) is 44.2 Å². The van der Waals surface area contributed by atoms with Gasteiger partial charge in [0.2, 0.25) is 0 Å². The Bertz CT molecular complexity index is 439. The molecule has 2 rings (SSSR count). The zero-order chi connectivity index (χ0) is 15.1. The summed E-state index contributed by atoms with van der Waals surface area (Å²) in [4.78, 5) is 15.6. The van der Waals surface area contributed by atoms with Gasteiger partial charge in [-0.15, -0.1) is 11.8 Å². The van der Waals surface area contributed by atoms with E-state index < -0.39 is 0 Å². The molecule has 0 unspecified atom stereocenters. The molecular weight excluding hydrogens is 282 g/mol. The molecule has 1 saturated heterocycles. The van der Waals surface area contributed by atoms with Crippen LogP contribution in [0.4, 0.5) is 0 Å². The molecule has 1 heterocycles. The van der Waals surface area contributed by atoms with Crippen LogP contribution in [0.2, 0.25) is 0 Å². The lowest BCUT2D eigenvalue weighted by Gasteiger charge is -2.26. The number of Topliss-reactive ketones (excluding diaryl/α,β-unsaturated/α-hetero) is 1. The third-order valence-corrected chi connectivity index (χ3v) is 4.54. The first-order valence-electron chi connectivity index (χ1n) is 7.71. The molecule has 1 aromatic carbocycles. The van der Waals surface area contributed by atoms with Crippen molar-refractivity contribution < 1.29 is 9.53 Å². The van der Waals surface area contributed by atoms with Crippen molar-refractivity contribution in [2.45, 2.75) is 25.2 Å². The number of rotatable bonds is 7. The summed E-state index contributed by atoms with van der Waals surface area (Å²) in [5, 5.41) is 0. The Morgan fingerprint density at radius 3 is 2.52 bits per heavy atom. The zero-order valence-electron chi connectivity index (χ0n) is 13.0. The number of ketones is 1. The van der Waals surface area contributed by atoms with Crippen LogP contribution in [-0.4, -0.2) is 49.3 Å². The predicted molar refractivity (Wildman–Crippen MR) is 88.2 cm³/mol. The Kier molecular flexibility index (Phi) is 6.74. The van der Waals surface area contributed by atoms with Gasteiger partial charge < -0.3 is 4.74 Å². The molecule has 1 aliphatic rings. The largest absolute Gasteiger partial charge is 0.379 e. The fourth-order valence-corrected chi connectivity index (χ4v) is 3.26. The first kappa shape index (κ1) is 16.5. The maximum atomic E-state index is 12.0. The van der Waals surface area contributed by atoms with Crippen molar-refractivity contribution in [1.82, 2.24) is 4.90 Å². The molecule has 21 heavy (non-hydrogen) atoms. The van der Waals surface area contributed by atoms with Crippen molar-refractivity contribution in [3.63, 3.8) is 0 Å². The topological polar surface area (TPSA) is 29.5 Å². The molecule has 116 valence electrons. The third-order valence-electron chi connectivity index (χ3n) is 3.55. The second kappa shape index (κ2) is 8.57. The molecular formula is C17H25NO2S. The molecule has 0 N–H and O–H groups in total. The van der Waals surface area contributed by atoms with E-state index in [0.29, 0.717) is 12.3 Å². The SMILES string of the molecule is CC(C)CC(=O)c1ccc(SCCN2CCOCC2)cc1. The first-order valence-corrected chi connectivity index (χ1v) is 8.70. The second-order valence-electron chi connectivity index (χ2n) is 5.85. The Morgan fingerprint density at radius 1 is 1.24 bits per heavy atom. The molecule has 0 aromatic heterocycles. The lowest BCUT2D eigenvalue weighted by Crippen LogP contribution is -2.37. The minimum Gasteiger partial charge on any atom is -0.379 e. The number of carbonyl (C=O) groups excluding carboxylic acids is 1. The fraction of sp³-hybridized carbons (Fsp3) is 0.588. The highest BCUT2D eigenvalue weighted by Gasteiger charge is 2.10. The number of carbonyl (C=O) groups is 1. The minimum absolute atomic E-state index is 0.245. The minimum atomic E-state index is 0.245. The zero-order valence-corrected chi connectivity index (χ0v) is 13.8. The highest BCUT2D eigenvalue weighted by molar-refractivity contribution is 7.99. The van der Waals surface area contributed by atoms with Crippen molar-refractivity contribution in [3.8, 4) is 0 Å². The standard InChI is InChI=1S/C17H25NO2S/c1-14(2)13-17(19)15-3-5-16(6-4-15)21-12-9-18-7-10-20-11-8-18/h3-6,14H,7-13H2,1-2H3. The Labute approximate surface area is 132 Å². The van der Waals surface area contributed by atoms with Crippen LogP contribution in [0.15, 0.2) is 29.2 Å². The quantitative estimate of drug-likeness (QED) is 0.571. The molecule has 0 amide bonds. The van der Waals surface area contributed by atoms with Gasteiger partial charge in [0, 0.05) is 42.3 Å². The van der Waals surface area contributed by atoms with Crippen LogP contribution >= 0.6 is 11.8 Å². The molecule has 0 aliphatic carbocycles. The monoisotopic (exact) mass is 307 g/mol. The predicted octanol–water partition coefficient (Wildman–Crippen LogP) is 3.34. The Hall–Kier alpha value is -0.840. The summed E-state index contributed by atoms with van der Waals surface area (Å²) in [6.07, 6.45) is 0.628. The van der Waals surface area contributed by atoms with Gasteiger partial charge in [-0.3, -0.25) is 9.69 Å². The molecule has 1 aromatic rings. The van der Waals surface area contributed by atoms with E-state index in [1.165, 1.54) is 4.90 Å². The smallest absolute Gasteiger partial charge is 0.163 e. The number of ether oxygens (including phenoxy) is 1. The van der Waals surface area contributed by atoms with E-state index in [4.69, 9.17) is 4.74 Å². The van der Waals surface area contributed by atoms with Crippen molar-refractivity contribution in [2.75, 3.05) is 38.6 Å². The molecule has 0 spiro atoms. The molecule has 4 heteroatoms. The highest BCUT2D eigenvalue weighted by Crippen LogP contribution is 2.20. The van der Waals surface area contributed by atoms with Crippen LogP contribution < -0.4 is 0 Å². The molecule has 1 fully saturated rings. The summed E-state index contributed by atoms with van der Waals surface area (Å²) in [7, 11) is 0. The van der Waals surface area contributed by atoms with Gasteiger partial charge in [0.05, 0.1) is 13.2 Å². The summed E-state index contributed by atoms with van der Waals surface area (Å²) in [6.45, 7) is 9.06. The Morgan fingerprint density at radius 2 is 1.90 bits per heavy atom. The van der Waals surface area contributed by atoms with Gasteiger partial charge >= 0.3 is 0 Å². The number of thioether (sulfide) groups is 1. The average Bonchev–Trinajstić information content (AvgIpc) is 2.48. The lowest BCUT2D eigenvalue weighted by atomic mass is 10.0. The maximum Gasteiger partial charge on any atom is 0.163 e. The summed E-state index contributed by atoms with van der Waals surface area (Å²) >= 11 is 1.85. The fourth-order valence-electron chi connectivity index (χ4n) is 2.34. The van der Waals surface area contributed by atoms with Gasteiger partial charge in [0.15, 0.2) is 5.78 Å². The van der Waals surface area contributed by atoms with E-state index >= 15 is 0 Å². The van der Waals surface area contributed by atoms with Crippen molar-refractivity contribution >= 4 is 17.5 Å². The van der Waals surface area contributed by atoms with Crippen LogP contribution in [-0.2, 0) is 4.74 Å². The molecule has 1 aliphatic heterocycles. The maximum absolute atomic E-state index is 12.0. The van der Waals surface area contributed by atoms with Crippen molar-refractivity contribution in [3.05, 3.63) is 29.8 Å². The molecule has 0 radical (unpaired) electrons. The molecule has 0 saturated carbocycles. The highest BCUT2D eigenvalue weighted by atomic mass is 32.2. The summed E-state index contributed by atoms with van der Waals surface area (Å²) in [5.41, 5.74) is 0.834. The van der Waals surface area contributed by atoms with Gasteiger partial charge in [-0.2, -0.15) is 0 Å². The van der Waals surface area contributed by atoms with E-state index in [9.17, 15) is 4.79 Å². The molecule has 0 bridgehead atoms. The van der Waals surface area contributed by atoms with Crippen molar-refractivity contribution in [1.29, 1.82) is 0 Å². The van der Waals surface area contributed by atoms with Crippen LogP contribution in [0.5, 0.6) is 0 Å². The summed E-state index contributed by atoms with van der Waals surface area (Å²) in [5.74, 6) is 1.74. The lowest BCUT2D eigenvalue weighted by molar-refractivity contribution is 0.0410. The number of nitrogens with zero attached hydrogens (tertiary/aromatic N) is 1. The van der Waals surface area contributed by atoms with E-state index in [1.54, 1.807) is 0 Å². The van der Waals surface area contributed by atoms with Gasteiger partial charge in [-0.25, -0.2) is 0 Å². The van der Waals surface area contributed by atoms with Crippen LogP contribution in [0, 0.1) is 5.92 Å². The number of morpholine rings is 1. The first-order chi connectivity index (χ1) is 10.1. The van der Waals surface area contributed by atoms with E-state index in [1.807, 2.05) is 23.9 Å². The number of benzene rings is 1. The number of hydrogen-bond donors (Lipinski definition) is 0. The number of hydrogen-bond acceptors (Lipinski definition) is 4. The normalized spacial score (nSPS) is 16.3. The van der Waals surface area contributed by atoms with Crippen LogP contribution in [0.3, 0.4) is 0 Å².